The van der Waals surface area contributed by atoms with Gasteiger partial charge >= 0.3 is 5.97 Å². The van der Waals surface area contributed by atoms with E-state index in [1.54, 1.807) is 13.1 Å². The number of aromatic carboxylic acids is 1. The van der Waals surface area contributed by atoms with E-state index in [1.807, 2.05) is 30.3 Å². The maximum absolute atomic E-state index is 11.3. The minimum Gasteiger partial charge on any atom is -0.481 e. The molecule has 0 aliphatic heterocycles. The number of hydrogen-bond acceptors (Lipinski definition) is 7. The SMILES string of the molecule is COc1cc(OC)nc([C@@H](Sc2ncc(C(=O)O)n2C)c2ccccc2)n1. The number of carboxylic acids is 1. The van der Waals surface area contributed by atoms with Gasteiger partial charge in [-0.3, -0.25) is 0 Å². The van der Waals surface area contributed by atoms with Gasteiger partial charge in [0.15, 0.2) is 11.0 Å². The van der Waals surface area contributed by atoms with E-state index in [2.05, 4.69) is 15.0 Å². The highest BCUT2D eigenvalue weighted by Gasteiger charge is 2.24. The van der Waals surface area contributed by atoms with Gasteiger partial charge in [0.2, 0.25) is 11.8 Å². The zero-order chi connectivity index (χ0) is 19.4. The zero-order valence-corrected chi connectivity index (χ0v) is 15.8. The quantitative estimate of drug-likeness (QED) is 0.619. The van der Waals surface area contributed by atoms with Crippen LogP contribution < -0.4 is 9.47 Å². The fourth-order valence-electron chi connectivity index (χ4n) is 2.45. The third-order valence-electron chi connectivity index (χ3n) is 3.84. The maximum Gasteiger partial charge on any atom is 0.354 e. The van der Waals surface area contributed by atoms with Crippen LogP contribution in [0, 0.1) is 0 Å². The lowest BCUT2D eigenvalue weighted by Gasteiger charge is -2.17. The third kappa shape index (κ3) is 4.03. The molecule has 0 unspecified atom stereocenters. The molecule has 3 rings (SSSR count). The Morgan fingerprint density at radius 1 is 1.15 bits per heavy atom. The van der Waals surface area contributed by atoms with Gasteiger partial charge in [0, 0.05) is 7.05 Å². The number of methoxy groups -OCH3 is 2. The van der Waals surface area contributed by atoms with E-state index in [0.29, 0.717) is 22.7 Å². The molecular formula is C18H18N4O4S. The summed E-state index contributed by atoms with van der Waals surface area (Å²) < 4.78 is 12.0. The number of benzene rings is 1. The van der Waals surface area contributed by atoms with Crippen molar-refractivity contribution >= 4 is 17.7 Å². The minimum atomic E-state index is -1.03. The first-order chi connectivity index (χ1) is 13.0. The Hall–Kier alpha value is -3.07. The lowest BCUT2D eigenvalue weighted by Crippen LogP contribution is -2.08. The molecule has 0 saturated heterocycles. The van der Waals surface area contributed by atoms with E-state index >= 15 is 0 Å². The molecular weight excluding hydrogens is 368 g/mol. The molecule has 1 atom stereocenters. The molecule has 8 nitrogen and oxygen atoms in total. The van der Waals surface area contributed by atoms with Crippen LogP contribution in [0.2, 0.25) is 0 Å². The predicted molar refractivity (Wildman–Crippen MR) is 99.4 cm³/mol. The van der Waals surface area contributed by atoms with Crippen molar-refractivity contribution in [2.45, 2.75) is 10.4 Å². The molecule has 1 aromatic carbocycles. The van der Waals surface area contributed by atoms with Gasteiger partial charge in [-0.15, -0.1) is 0 Å². The van der Waals surface area contributed by atoms with E-state index in [1.165, 1.54) is 36.7 Å². The monoisotopic (exact) mass is 386 g/mol. The third-order valence-corrected chi connectivity index (χ3v) is 5.15. The fraction of sp³-hybridized carbons (Fsp3) is 0.222. The second-order valence-corrected chi connectivity index (χ2v) is 6.58. The molecule has 27 heavy (non-hydrogen) atoms. The number of rotatable bonds is 7. The lowest BCUT2D eigenvalue weighted by molar-refractivity contribution is 0.0685. The number of carbonyl (C=O) groups is 1. The van der Waals surface area contributed by atoms with Gasteiger partial charge in [-0.1, -0.05) is 42.1 Å². The highest BCUT2D eigenvalue weighted by molar-refractivity contribution is 7.99. The van der Waals surface area contributed by atoms with Gasteiger partial charge in [-0.2, -0.15) is 9.97 Å². The Kier molecular flexibility index (Phi) is 5.60. The van der Waals surface area contributed by atoms with Gasteiger partial charge in [-0.25, -0.2) is 9.78 Å². The molecule has 0 saturated carbocycles. The Balaban J connectivity index is 2.07. The number of hydrogen-bond donors (Lipinski definition) is 1. The summed E-state index contributed by atoms with van der Waals surface area (Å²) in [5, 5.41) is 9.45. The first-order valence-electron chi connectivity index (χ1n) is 7.97. The largest absolute Gasteiger partial charge is 0.481 e. The number of imidazole rings is 1. The van der Waals surface area contributed by atoms with Gasteiger partial charge < -0.3 is 19.1 Å². The predicted octanol–water partition coefficient (Wildman–Crippen LogP) is 2.81. The van der Waals surface area contributed by atoms with Crippen LogP contribution in [0.1, 0.15) is 27.1 Å². The van der Waals surface area contributed by atoms with Crippen molar-refractivity contribution in [2.24, 2.45) is 7.05 Å². The molecule has 140 valence electrons. The van der Waals surface area contributed by atoms with Crippen LogP contribution >= 0.6 is 11.8 Å². The number of carboxylic acid groups (broad SMARTS) is 1. The second kappa shape index (κ2) is 8.09. The molecule has 0 fully saturated rings. The van der Waals surface area contributed by atoms with Gasteiger partial charge in [-0.05, 0) is 5.56 Å². The minimum absolute atomic E-state index is 0.105. The van der Waals surface area contributed by atoms with Crippen molar-refractivity contribution in [3.63, 3.8) is 0 Å². The van der Waals surface area contributed by atoms with Gasteiger partial charge in [0.25, 0.3) is 0 Å². The van der Waals surface area contributed by atoms with Gasteiger partial charge in [0.1, 0.15) is 5.69 Å². The average molecular weight is 386 g/mol. The van der Waals surface area contributed by atoms with E-state index in [4.69, 9.17) is 9.47 Å². The molecule has 1 N–H and O–H groups in total. The molecule has 0 amide bonds. The normalized spacial score (nSPS) is 11.8. The number of ether oxygens (including phenoxy) is 2. The number of thioether (sulfide) groups is 1. The first kappa shape index (κ1) is 18.7. The summed E-state index contributed by atoms with van der Waals surface area (Å²) in [7, 11) is 4.70. The maximum atomic E-state index is 11.3. The van der Waals surface area contributed by atoms with Crippen LogP contribution in [0.15, 0.2) is 47.8 Å². The number of nitrogens with zero attached hydrogens (tertiary/aromatic N) is 4. The summed E-state index contributed by atoms with van der Waals surface area (Å²) in [5.41, 5.74) is 1.05. The molecule has 0 aliphatic rings. The van der Waals surface area contributed by atoms with Crippen LogP contribution in [0.5, 0.6) is 11.8 Å². The summed E-state index contributed by atoms with van der Waals surface area (Å²) in [6.07, 6.45) is 1.33. The standard InChI is InChI=1S/C18H18N4O4S/c1-22-12(17(23)24)10-19-18(22)27-15(11-7-5-4-6-8-11)16-20-13(25-2)9-14(21-16)26-3/h4-10,15H,1-3H3,(H,23,24)/t15-/m0/s1. The van der Waals surface area contributed by atoms with Crippen molar-refractivity contribution < 1.29 is 19.4 Å². The smallest absolute Gasteiger partial charge is 0.354 e. The molecule has 0 bridgehead atoms. The Bertz CT molecular complexity index is 924. The molecule has 3 aromatic rings. The van der Waals surface area contributed by atoms with Crippen LogP contribution in [0.4, 0.5) is 0 Å². The second-order valence-electron chi connectivity index (χ2n) is 5.51. The summed E-state index contributed by atoms with van der Waals surface area (Å²) >= 11 is 1.35. The first-order valence-corrected chi connectivity index (χ1v) is 8.85. The Morgan fingerprint density at radius 3 is 2.30 bits per heavy atom. The van der Waals surface area contributed by atoms with E-state index in [9.17, 15) is 9.90 Å². The Labute approximate surface area is 160 Å². The molecule has 9 heteroatoms. The Morgan fingerprint density at radius 2 is 1.78 bits per heavy atom. The van der Waals surface area contributed by atoms with Crippen molar-refractivity contribution in [1.29, 1.82) is 0 Å². The fourth-order valence-corrected chi connectivity index (χ4v) is 3.54. The topological polar surface area (TPSA) is 99.4 Å². The van der Waals surface area contributed by atoms with Crippen LogP contribution in [-0.4, -0.2) is 44.8 Å². The van der Waals surface area contributed by atoms with Crippen LogP contribution in [-0.2, 0) is 7.05 Å². The highest BCUT2D eigenvalue weighted by Crippen LogP contribution is 2.39. The summed E-state index contributed by atoms with van der Waals surface area (Å²) in [6.45, 7) is 0. The van der Waals surface area contributed by atoms with Crippen LogP contribution in [0.3, 0.4) is 0 Å². The van der Waals surface area contributed by atoms with Crippen molar-refractivity contribution in [3.8, 4) is 11.8 Å². The molecule has 2 aromatic heterocycles. The van der Waals surface area contributed by atoms with Crippen molar-refractivity contribution in [1.82, 2.24) is 19.5 Å². The van der Waals surface area contributed by atoms with Gasteiger partial charge in [0.05, 0.1) is 31.7 Å². The van der Waals surface area contributed by atoms with E-state index in [0.717, 1.165) is 5.56 Å². The highest BCUT2D eigenvalue weighted by atomic mass is 32.2. The van der Waals surface area contributed by atoms with Crippen molar-refractivity contribution in [2.75, 3.05) is 14.2 Å². The lowest BCUT2D eigenvalue weighted by atomic mass is 10.1. The summed E-state index contributed by atoms with van der Waals surface area (Å²) in [6, 6.07) is 11.3. The van der Waals surface area contributed by atoms with E-state index in [-0.39, 0.29) is 10.9 Å². The molecule has 2 heterocycles. The van der Waals surface area contributed by atoms with Crippen LogP contribution in [0.25, 0.3) is 0 Å². The average Bonchev–Trinajstić information content (AvgIpc) is 3.06. The summed E-state index contributed by atoms with van der Waals surface area (Å²) in [4.78, 5) is 24.5. The molecule has 0 radical (unpaired) electrons. The number of aromatic nitrogens is 4. The zero-order valence-electron chi connectivity index (χ0n) is 15.0. The van der Waals surface area contributed by atoms with Crippen molar-refractivity contribution in [3.05, 3.63) is 59.7 Å². The molecule has 0 spiro atoms. The van der Waals surface area contributed by atoms with E-state index < -0.39 is 5.97 Å². The summed E-state index contributed by atoms with van der Waals surface area (Å²) in [5.74, 6) is 0.198. The molecule has 0 aliphatic carbocycles.